The molecule has 0 radical (unpaired) electrons. The van der Waals surface area contributed by atoms with Gasteiger partial charge in [0.2, 0.25) is 12.2 Å². The van der Waals surface area contributed by atoms with Crippen molar-refractivity contribution in [2.24, 2.45) is 0 Å². The fraction of sp³-hybridized carbons (Fsp3) is 0.545. The summed E-state index contributed by atoms with van der Waals surface area (Å²) >= 11 is 0. The molecule has 0 saturated carbocycles. The first-order chi connectivity index (χ1) is 15.0. The molecular weight excluding hydrogens is 422 g/mol. The zero-order valence-electron chi connectivity index (χ0n) is 19.0. The standard InChI is InChI=1S/C22H29NO9/c1-11-7-8-12(2)17(9-11)31-22-19(23-13(3)24)21(30-16(6)27)20(29-15(5)26)18(32-22)10-28-14(4)25/h7-9,18-22H,10H2,1-6H3,(H,23,24)/t18-,19-,20+,21-,22+/m0/s1. The van der Waals surface area contributed by atoms with Gasteiger partial charge in [0.1, 0.15) is 24.5 Å². The van der Waals surface area contributed by atoms with Gasteiger partial charge in [0.15, 0.2) is 12.2 Å². The molecule has 176 valence electrons. The molecule has 1 amide bonds. The number of hydrogen-bond acceptors (Lipinski definition) is 9. The first-order valence-electron chi connectivity index (χ1n) is 10.1. The Morgan fingerprint density at radius 2 is 1.56 bits per heavy atom. The smallest absolute Gasteiger partial charge is 0.303 e. The Bertz CT molecular complexity index is 869. The lowest BCUT2D eigenvalue weighted by atomic mass is 9.96. The van der Waals surface area contributed by atoms with Gasteiger partial charge < -0.3 is 29.0 Å². The normalized spacial score (nSPS) is 24.8. The molecular formula is C22H29NO9. The number of carbonyl (C=O) groups is 4. The fourth-order valence-electron chi connectivity index (χ4n) is 3.35. The molecule has 1 saturated heterocycles. The summed E-state index contributed by atoms with van der Waals surface area (Å²) in [6, 6.07) is 4.55. The molecule has 1 aromatic carbocycles. The molecule has 1 aromatic rings. The minimum atomic E-state index is -1.16. The van der Waals surface area contributed by atoms with Crippen molar-refractivity contribution in [3.05, 3.63) is 29.3 Å². The van der Waals surface area contributed by atoms with Crippen LogP contribution in [0.15, 0.2) is 18.2 Å². The Kier molecular flexibility index (Phi) is 8.59. The highest BCUT2D eigenvalue weighted by Crippen LogP contribution is 2.30. The van der Waals surface area contributed by atoms with Crippen molar-refractivity contribution in [3.63, 3.8) is 0 Å². The van der Waals surface area contributed by atoms with Gasteiger partial charge in [0, 0.05) is 27.7 Å². The highest BCUT2D eigenvalue weighted by molar-refractivity contribution is 5.73. The summed E-state index contributed by atoms with van der Waals surface area (Å²) in [5.41, 5.74) is 1.74. The summed E-state index contributed by atoms with van der Waals surface area (Å²) in [6.45, 7) is 8.31. The Hall–Kier alpha value is -3.14. The predicted octanol–water partition coefficient (Wildman–Crippen LogP) is 1.34. The summed E-state index contributed by atoms with van der Waals surface area (Å²) in [6.07, 6.45) is -4.49. The molecule has 0 aliphatic carbocycles. The van der Waals surface area contributed by atoms with Crippen molar-refractivity contribution in [2.45, 2.75) is 72.2 Å². The van der Waals surface area contributed by atoms with E-state index in [4.69, 9.17) is 23.7 Å². The SMILES string of the molecule is CC(=O)N[C@@H]1[C@H](Oc2cc(C)ccc2C)O[C@@H](COC(C)=O)[C@@H](OC(C)=O)[C@H]1OC(C)=O. The maximum Gasteiger partial charge on any atom is 0.303 e. The quantitative estimate of drug-likeness (QED) is 0.483. The van der Waals surface area contributed by atoms with Crippen molar-refractivity contribution >= 4 is 23.8 Å². The minimum Gasteiger partial charge on any atom is -0.463 e. The molecule has 1 heterocycles. The van der Waals surface area contributed by atoms with Crippen LogP contribution in [0.3, 0.4) is 0 Å². The maximum atomic E-state index is 11.9. The number of aryl methyl sites for hydroxylation is 2. The highest BCUT2D eigenvalue weighted by atomic mass is 16.7. The Balaban J connectivity index is 2.49. The second-order valence-electron chi connectivity index (χ2n) is 7.61. The molecule has 0 unspecified atom stereocenters. The van der Waals surface area contributed by atoms with Crippen molar-refractivity contribution in [2.75, 3.05) is 6.61 Å². The van der Waals surface area contributed by atoms with Crippen LogP contribution in [0.4, 0.5) is 0 Å². The average molecular weight is 451 g/mol. The van der Waals surface area contributed by atoms with Gasteiger partial charge in [-0.3, -0.25) is 19.2 Å². The molecule has 1 aliphatic heterocycles. The average Bonchev–Trinajstić information content (AvgIpc) is 2.66. The van der Waals surface area contributed by atoms with Crippen LogP contribution in [0, 0.1) is 13.8 Å². The van der Waals surface area contributed by atoms with Gasteiger partial charge in [-0.05, 0) is 31.0 Å². The van der Waals surface area contributed by atoms with E-state index in [0.717, 1.165) is 11.1 Å². The number of carbonyl (C=O) groups excluding carboxylic acids is 4. The lowest BCUT2D eigenvalue weighted by molar-refractivity contribution is -0.257. The number of amides is 1. The van der Waals surface area contributed by atoms with Crippen LogP contribution >= 0.6 is 0 Å². The van der Waals surface area contributed by atoms with E-state index >= 15 is 0 Å². The second kappa shape index (κ2) is 10.9. The summed E-state index contributed by atoms with van der Waals surface area (Å²) in [5, 5.41) is 2.67. The summed E-state index contributed by atoms with van der Waals surface area (Å²) in [4.78, 5) is 47.0. The van der Waals surface area contributed by atoms with Crippen molar-refractivity contribution in [1.82, 2.24) is 5.32 Å². The highest BCUT2D eigenvalue weighted by Gasteiger charge is 2.52. The number of rotatable bonds is 7. The lowest BCUT2D eigenvalue weighted by Gasteiger charge is -2.44. The van der Waals surface area contributed by atoms with Gasteiger partial charge in [-0.1, -0.05) is 12.1 Å². The first-order valence-corrected chi connectivity index (χ1v) is 10.1. The van der Waals surface area contributed by atoms with Gasteiger partial charge >= 0.3 is 17.9 Å². The number of nitrogens with one attached hydrogen (secondary N) is 1. The Morgan fingerprint density at radius 3 is 2.12 bits per heavy atom. The number of ether oxygens (including phenoxy) is 5. The van der Waals surface area contributed by atoms with Gasteiger partial charge in [-0.2, -0.15) is 0 Å². The van der Waals surface area contributed by atoms with Crippen LogP contribution < -0.4 is 10.1 Å². The van der Waals surface area contributed by atoms with E-state index in [0.29, 0.717) is 5.75 Å². The predicted molar refractivity (Wildman–Crippen MR) is 111 cm³/mol. The minimum absolute atomic E-state index is 0.287. The molecule has 1 aliphatic rings. The molecule has 10 nitrogen and oxygen atoms in total. The van der Waals surface area contributed by atoms with Crippen LogP contribution in [0.1, 0.15) is 38.8 Å². The molecule has 0 spiro atoms. The van der Waals surface area contributed by atoms with Crippen LogP contribution in [0.25, 0.3) is 0 Å². The van der Waals surface area contributed by atoms with Crippen molar-refractivity contribution in [1.29, 1.82) is 0 Å². The molecule has 10 heteroatoms. The van der Waals surface area contributed by atoms with Crippen LogP contribution in [-0.4, -0.2) is 61.1 Å². The largest absolute Gasteiger partial charge is 0.463 e. The molecule has 32 heavy (non-hydrogen) atoms. The summed E-state index contributed by atoms with van der Waals surface area (Å²) in [7, 11) is 0. The van der Waals surface area contributed by atoms with Crippen LogP contribution in [0.5, 0.6) is 5.75 Å². The van der Waals surface area contributed by atoms with Crippen molar-refractivity contribution in [3.8, 4) is 5.75 Å². The monoisotopic (exact) mass is 451 g/mol. The van der Waals surface area contributed by atoms with E-state index in [-0.39, 0.29) is 6.61 Å². The van der Waals surface area contributed by atoms with Crippen LogP contribution in [0.2, 0.25) is 0 Å². The van der Waals surface area contributed by atoms with Gasteiger partial charge in [-0.15, -0.1) is 0 Å². The van der Waals surface area contributed by atoms with E-state index in [1.165, 1.54) is 27.7 Å². The Labute approximate surface area is 186 Å². The Morgan fingerprint density at radius 1 is 0.938 bits per heavy atom. The summed E-state index contributed by atoms with van der Waals surface area (Å²) < 4.78 is 27.9. The molecule has 0 bridgehead atoms. The number of esters is 3. The number of hydrogen-bond donors (Lipinski definition) is 1. The molecule has 0 aromatic heterocycles. The first kappa shape index (κ1) is 25.1. The fourth-order valence-corrected chi connectivity index (χ4v) is 3.35. The molecule has 1 fully saturated rings. The second-order valence-corrected chi connectivity index (χ2v) is 7.61. The molecule has 1 N–H and O–H groups in total. The topological polar surface area (TPSA) is 126 Å². The van der Waals surface area contributed by atoms with E-state index in [9.17, 15) is 19.2 Å². The third kappa shape index (κ3) is 6.94. The van der Waals surface area contributed by atoms with E-state index in [2.05, 4.69) is 5.32 Å². The summed E-state index contributed by atoms with van der Waals surface area (Å²) in [5.74, 6) is -1.86. The molecule has 2 rings (SSSR count). The third-order valence-electron chi connectivity index (χ3n) is 4.66. The van der Waals surface area contributed by atoms with E-state index in [1.54, 1.807) is 6.07 Å². The van der Waals surface area contributed by atoms with Crippen LogP contribution in [-0.2, 0) is 38.1 Å². The molecule has 5 atom stereocenters. The zero-order valence-corrected chi connectivity index (χ0v) is 19.0. The van der Waals surface area contributed by atoms with Gasteiger partial charge in [0.05, 0.1) is 0 Å². The third-order valence-corrected chi connectivity index (χ3v) is 4.66. The lowest BCUT2D eigenvalue weighted by Crippen LogP contribution is -2.67. The van der Waals surface area contributed by atoms with E-state index < -0.39 is 54.5 Å². The van der Waals surface area contributed by atoms with Gasteiger partial charge in [0.25, 0.3) is 0 Å². The number of benzene rings is 1. The van der Waals surface area contributed by atoms with E-state index in [1.807, 2.05) is 26.0 Å². The van der Waals surface area contributed by atoms with Crippen molar-refractivity contribution < 1.29 is 42.9 Å². The maximum absolute atomic E-state index is 11.9. The zero-order chi connectivity index (χ0) is 24.0. The van der Waals surface area contributed by atoms with Gasteiger partial charge in [-0.25, -0.2) is 0 Å².